The molecule has 0 amide bonds. The van der Waals surface area contributed by atoms with Crippen LogP contribution in [0.3, 0.4) is 0 Å². The van der Waals surface area contributed by atoms with Crippen LogP contribution in [0.2, 0.25) is 10.0 Å². The Labute approximate surface area is 370 Å². The van der Waals surface area contributed by atoms with Crippen molar-refractivity contribution in [2.24, 2.45) is 0 Å². The fourth-order valence-corrected chi connectivity index (χ4v) is 6.10. The number of halogens is 2. The molecule has 0 saturated heterocycles. The zero-order valence-electron chi connectivity index (χ0n) is 25.1. The van der Waals surface area contributed by atoms with Gasteiger partial charge in [0.1, 0.15) is 31.6 Å². The van der Waals surface area contributed by atoms with Gasteiger partial charge in [0.15, 0.2) is 0 Å². The summed E-state index contributed by atoms with van der Waals surface area (Å²) in [5.41, 5.74) is 2.65. The third kappa shape index (κ3) is 9.26. The smallest absolute Gasteiger partial charge is 0.744 e. The number of benzene rings is 4. The molecule has 232 valence electrons. The largest absolute Gasteiger partial charge is 1.00 e. The van der Waals surface area contributed by atoms with E-state index in [4.69, 9.17) is 23.2 Å². The molecule has 2 heterocycles. The Balaban J connectivity index is 0.00000260. The molecule has 12 nitrogen and oxygen atoms in total. The molecular formula is C30H18Cl2K2N6O6S2. The summed E-state index contributed by atoms with van der Waals surface area (Å²) < 4.78 is 73.4. The zero-order chi connectivity index (χ0) is 32.6. The Kier molecular flexibility index (Phi) is 13.4. The molecule has 0 saturated carbocycles. The van der Waals surface area contributed by atoms with Gasteiger partial charge >= 0.3 is 103 Å². The van der Waals surface area contributed by atoms with Crippen molar-refractivity contribution in [3.05, 3.63) is 118 Å². The summed E-state index contributed by atoms with van der Waals surface area (Å²) in [6.45, 7) is 0. The maximum absolute atomic E-state index is 12.2. The fourth-order valence-electron chi connectivity index (χ4n) is 4.46. The van der Waals surface area contributed by atoms with Crippen LogP contribution in [0.5, 0.6) is 0 Å². The third-order valence-electron chi connectivity index (χ3n) is 6.70. The molecule has 2 aromatic heterocycles. The van der Waals surface area contributed by atoms with E-state index in [1.807, 2.05) is 0 Å². The molecule has 18 heteroatoms. The van der Waals surface area contributed by atoms with Crippen LogP contribution in [0.15, 0.2) is 107 Å². The first-order chi connectivity index (χ1) is 21.8. The predicted molar refractivity (Wildman–Crippen MR) is 168 cm³/mol. The Hall–Kier alpha value is -1.43. The maximum Gasteiger partial charge on any atom is 1.00 e. The first-order valence-corrected chi connectivity index (χ1v) is 16.7. The number of hydrogen-bond donors (Lipinski definition) is 0. The Bertz CT molecular complexity index is 2180. The van der Waals surface area contributed by atoms with Gasteiger partial charge in [-0.25, -0.2) is 16.8 Å². The molecule has 0 aliphatic rings. The molecule has 48 heavy (non-hydrogen) atoms. The molecule has 0 radical (unpaired) electrons. The molecular weight excluding hydrogens is 754 g/mol. The van der Waals surface area contributed by atoms with Crippen molar-refractivity contribution in [2.75, 3.05) is 0 Å². The predicted octanol–water partition coefficient (Wildman–Crippen LogP) is -0.525. The number of nitrogens with zero attached hydrogens (tertiary/aromatic N) is 6. The van der Waals surface area contributed by atoms with Crippen molar-refractivity contribution in [3.8, 4) is 33.9 Å². The third-order valence-corrected chi connectivity index (χ3v) is 8.99. The van der Waals surface area contributed by atoms with Crippen molar-refractivity contribution in [2.45, 2.75) is 9.79 Å². The van der Waals surface area contributed by atoms with Gasteiger partial charge in [-0.05, 0) is 59.7 Å². The average Bonchev–Trinajstić information content (AvgIpc) is 3.71. The van der Waals surface area contributed by atoms with Gasteiger partial charge in [0.2, 0.25) is 0 Å². The molecule has 0 unspecified atom stereocenters. The van der Waals surface area contributed by atoms with E-state index in [0.29, 0.717) is 32.6 Å². The van der Waals surface area contributed by atoms with E-state index in [9.17, 15) is 25.9 Å². The number of rotatable bonds is 8. The molecule has 0 atom stereocenters. The van der Waals surface area contributed by atoms with Gasteiger partial charge in [0, 0.05) is 21.2 Å². The van der Waals surface area contributed by atoms with Gasteiger partial charge in [-0.2, -0.15) is 19.8 Å². The second-order valence-corrected chi connectivity index (χ2v) is 13.3. The quantitative estimate of drug-likeness (QED) is 0.111. The summed E-state index contributed by atoms with van der Waals surface area (Å²) in [6.07, 6.45) is 5.37. The minimum atomic E-state index is -5.01. The molecule has 4 aromatic carbocycles. The summed E-state index contributed by atoms with van der Waals surface area (Å²) in [4.78, 5) is 1.11. The number of hydrogen-bond acceptors (Lipinski definition) is 10. The topological polar surface area (TPSA) is 176 Å². The van der Waals surface area contributed by atoms with Crippen molar-refractivity contribution in [3.63, 3.8) is 0 Å². The summed E-state index contributed by atoms with van der Waals surface area (Å²) in [6, 6.07) is 21.5. The van der Waals surface area contributed by atoms with E-state index in [1.165, 1.54) is 48.8 Å². The monoisotopic (exact) mass is 770 g/mol. The average molecular weight is 772 g/mol. The van der Waals surface area contributed by atoms with Crippen molar-refractivity contribution >= 4 is 55.6 Å². The van der Waals surface area contributed by atoms with E-state index in [0.717, 1.165) is 21.7 Å². The van der Waals surface area contributed by atoms with Crippen LogP contribution in [0.1, 0.15) is 11.1 Å². The van der Waals surface area contributed by atoms with Gasteiger partial charge in [-0.3, -0.25) is 0 Å². The molecule has 0 spiro atoms. The van der Waals surface area contributed by atoms with Crippen LogP contribution in [-0.2, 0) is 20.2 Å². The SMILES string of the molecule is O=S(=O)([O-])c1cc(-n2ncc(-c3ccc(Cl)cc3)n2)ccc1/C=C/c1ccc(-n2ncc(-c3ccc(Cl)cc3)n2)cc1S(=O)(=O)[O-].[K+].[K+]. The fraction of sp³-hybridized carbons (Fsp3) is 0. The van der Waals surface area contributed by atoms with E-state index in [-0.39, 0.29) is 125 Å². The molecule has 6 aromatic rings. The molecule has 0 aliphatic heterocycles. The first kappa shape index (κ1) is 39.4. The summed E-state index contributed by atoms with van der Waals surface area (Å²) >= 11 is 11.9. The maximum atomic E-state index is 12.2. The van der Waals surface area contributed by atoms with Crippen LogP contribution in [-0.4, -0.2) is 55.9 Å². The van der Waals surface area contributed by atoms with E-state index in [1.54, 1.807) is 48.5 Å². The van der Waals surface area contributed by atoms with Gasteiger partial charge in [0.25, 0.3) is 0 Å². The molecule has 0 aliphatic carbocycles. The second-order valence-electron chi connectivity index (χ2n) is 9.74. The molecule has 0 N–H and O–H groups in total. The van der Waals surface area contributed by atoms with Crippen LogP contribution < -0.4 is 103 Å². The standard InChI is InChI=1S/C30H20Cl2N6O6S2.2K/c31-23-9-3-19(4-10-23)27-17-33-37(35-27)25-13-7-21(29(15-25)45(39,40)41)1-2-22-8-14-26(16-30(22)46(42,43)44)38-34-18-28(36-38)20-5-11-24(32)12-6-20;;/h1-18H,(H,39,40,41)(H,42,43,44);;/q;2*+1/p-2/b2-1+;;. The van der Waals surface area contributed by atoms with E-state index >= 15 is 0 Å². The zero-order valence-corrected chi connectivity index (χ0v) is 34.5. The summed E-state index contributed by atoms with van der Waals surface area (Å²) in [7, 11) is -10.0. The van der Waals surface area contributed by atoms with Crippen molar-refractivity contribution in [1.82, 2.24) is 30.0 Å². The van der Waals surface area contributed by atoms with Gasteiger partial charge in [0.05, 0.1) is 33.6 Å². The number of aromatic nitrogens is 6. The Morgan fingerprint density at radius 2 is 0.917 bits per heavy atom. The van der Waals surface area contributed by atoms with Gasteiger partial charge in [-0.1, -0.05) is 71.8 Å². The van der Waals surface area contributed by atoms with E-state index in [2.05, 4.69) is 20.4 Å². The molecule has 6 rings (SSSR count). The van der Waals surface area contributed by atoms with Crippen molar-refractivity contribution < 1.29 is 129 Å². The summed E-state index contributed by atoms with van der Waals surface area (Å²) in [5, 5.41) is 18.1. The second kappa shape index (κ2) is 16.3. The molecule has 0 fully saturated rings. The van der Waals surface area contributed by atoms with Crippen LogP contribution in [0, 0.1) is 0 Å². The van der Waals surface area contributed by atoms with E-state index < -0.39 is 30.0 Å². The van der Waals surface area contributed by atoms with Crippen LogP contribution in [0.25, 0.3) is 46.0 Å². The minimum Gasteiger partial charge on any atom is -0.744 e. The Morgan fingerprint density at radius 3 is 1.25 bits per heavy atom. The normalized spacial score (nSPS) is 11.7. The van der Waals surface area contributed by atoms with Gasteiger partial charge in [-0.15, -0.1) is 10.2 Å². The Morgan fingerprint density at radius 1 is 0.562 bits per heavy atom. The van der Waals surface area contributed by atoms with Gasteiger partial charge < -0.3 is 9.11 Å². The summed E-state index contributed by atoms with van der Waals surface area (Å²) in [5.74, 6) is 0. The van der Waals surface area contributed by atoms with Crippen LogP contribution in [0.4, 0.5) is 0 Å². The van der Waals surface area contributed by atoms with Crippen LogP contribution >= 0.6 is 23.2 Å². The first-order valence-electron chi connectivity index (χ1n) is 13.1. The minimum absolute atomic E-state index is 0. The molecule has 0 bridgehead atoms. The van der Waals surface area contributed by atoms with Crippen molar-refractivity contribution in [1.29, 1.82) is 0 Å².